The normalized spacial score (nSPS) is 15.7. The first-order valence-corrected chi connectivity index (χ1v) is 10.9. The number of amides is 1. The number of hydrogen-bond acceptors (Lipinski definition) is 4. The number of likely N-dealkylation sites (N-methyl/N-ethyl adjacent to an activating group) is 1. The summed E-state index contributed by atoms with van der Waals surface area (Å²) < 4.78 is 5.53. The van der Waals surface area contributed by atoms with Crippen LogP contribution < -0.4 is 4.74 Å². The molecule has 3 aromatic rings. The molecule has 5 nitrogen and oxygen atoms in total. The lowest BCUT2D eigenvalue weighted by atomic mass is 9.98. The molecule has 0 saturated heterocycles. The maximum Gasteiger partial charge on any atom is 0.257 e. The minimum atomic E-state index is -0.263. The van der Waals surface area contributed by atoms with Gasteiger partial charge in [0.25, 0.3) is 5.91 Å². The first-order valence-electron chi connectivity index (χ1n) is 10.6. The van der Waals surface area contributed by atoms with Gasteiger partial charge in [-0.1, -0.05) is 72.3 Å². The van der Waals surface area contributed by atoms with Crippen LogP contribution in [-0.2, 0) is 11.3 Å². The molecule has 0 bridgehead atoms. The average Bonchev–Trinajstić information content (AvgIpc) is 3.25. The van der Waals surface area contributed by atoms with E-state index >= 15 is 0 Å². The quantitative estimate of drug-likeness (QED) is 0.502. The van der Waals surface area contributed by atoms with Gasteiger partial charge in [0.15, 0.2) is 0 Å². The molecule has 0 aliphatic carbocycles. The summed E-state index contributed by atoms with van der Waals surface area (Å²) in [6, 6.07) is 25.2. The van der Waals surface area contributed by atoms with E-state index in [9.17, 15) is 4.79 Å². The summed E-state index contributed by atoms with van der Waals surface area (Å²) >= 11 is 6.52. The molecule has 1 aliphatic heterocycles. The van der Waals surface area contributed by atoms with Crippen molar-refractivity contribution in [3.05, 3.63) is 101 Å². The van der Waals surface area contributed by atoms with Gasteiger partial charge in [-0.2, -0.15) is 5.10 Å². The number of hydrazone groups is 1. The summed E-state index contributed by atoms with van der Waals surface area (Å²) in [4.78, 5) is 15.4. The number of halogens is 1. The van der Waals surface area contributed by atoms with Crippen molar-refractivity contribution >= 4 is 23.2 Å². The molecule has 0 saturated carbocycles. The largest absolute Gasteiger partial charge is 0.496 e. The molecule has 0 unspecified atom stereocenters. The minimum absolute atomic E-state index is 0.0711. The zero-order valence-corrected chi connectivity index (χ0v) is 19.0. The Labute approximate surface area is 193 Å². The molecule has 4 rings (SSSR count). The first-order chi connectivity index (χ1) is 15.6. The Kier molecular flexibility index (Phi) is 6.88. The van der Waals surface area contributed by atoms with Crippen molar-refractivity contribution in [1.82, 2.24) is 9.91 Å². The van der Waals surface area contributed by atoms with Crippen LogP contribution in [0.4, 0.5) is 0 Å². The summed E-state index contributed by atoms with van der Waals surface area (Å²) in [6.07, 6.45) is 0.568. The Hall–Kier alpha value is -3.15. The molecule has 164 valence electrons. The Balaban J connectivity index is 1.61. The van der Waals surface area contributed by atoms with Gasteiger partial charge in [0, 0.05) is 23.6 Å². The van der Waals surface area contributed by atoms with Crippen LogP contribution in [-0.4, -0.2) is 42.2 Å². The number of carbonyl (C=O) groups is 1. The molecule has 1 heterocycles. The summed E-state index contributed by atoms with van der Waals surface area (Å²) in [5.41, 5.74) is 3.75. The van der Waals surface area contributed by atoms with Gasteiger partial charge in [-0.25, -0.2) is 5.01 Å². The van der Waals surface area contributed by atoms with Crippen molar-refractivity contribution in [3.8, 4) is 5.75 Å². The summed E-state index contributed by atoms with van der Waals surface area (Å²) in [5, 5.41) is 6.98. The molecule has 1 aliphatic rings. The highest BCUT2D eigenvalue weighted by Crippen LogP contribution is 2.37. The van der Waals surface area contributed by atoms with E-state index in [0.717, 1.165) is 28.2 Å². The molecule has 1 atom stereocenters. The lowest BCUT2D eigenvalue weighted by Crippen LogP contribution is -2.36. The highest BCUT2D eigenvalue weighted by atomic mass is 35.5. The van der Waals surface area contributed by atoms with Crippen molar-refractivity contribution in [2.24, 2.45) is 5.10 Å². The second-order valence-electron chi connectivity index (χ2n) is 7.88. The van der Waals surface area contributed by atoms with Crippen LogP contribution in [0.1, 0.15) is 29.2 Å². The summed E-state index contributed by atoms with van der Waals surface area (Å²) in [7, 11) is 3.58. The van der Waals surface area contributed by atoms with Crippen molar-refractivity contribution in [3.63, 3.8) is 0 Å². The number of para-hydroxylation sites is 1. The van der Waals surface area contributed by atoms with E-state index in [1.165, 1.54) is 0 Å². The molecule has 32 heavy (non-hydrogen) atoms. The van der Waals surface area contributed by atoms with E-state index in [1.807, 2.05) is 78.7 Å². The predicted molar refractivity (Wildman–Crippen MR) is 128 cm³/mol. The van der Waals surface area contributed by atoms with Gasteiger partial charge in [-0.3, -0.25) is 9.69 Å². The van der Waals surface area contributed by atoms with Crippen molar-refractivity contribution in [2.45, 2.75) is 19.0 Å². The topological polar surface area (TPSA) is 45.1 Å². The van der Waals surface area contributed by atoms with Crippen LogP contribution in [0, 0.1) is 0 Å². The third-order valence-electron chi connectivity index (χ3n) is 5.55. The number of ether oxygens (including phenoxy) is 1. The minimum Gasteiger partial charge on any atom is -0.496 e. The highest BCUT2D eigenvalue weighted by Gasteiger charge is 2.35. The van der Waals surface area contributed by atoms with Gasteiger partial charge in [-0.05, 0) is 36.4 Å². The zero-order valence-electron chi connectivity index (χ0n) is 18.2. The monoisotopic (exact) mass is 447 g/mol. The van der Waals surface area contributed by atoms with Gasteiger partial charge >= 0.3 is 0 Å². The third kappa shape index (κ3) is 4.85. The van der Waals surface area contributed by atoms with Crippen molar-refractivity contribution in [2.75, 3.05) is 20.7 Å². The first kappa shape index (κ1) is 22.1. The molecule has 6 heteroatoms. The summed E-state index contributed by atoms with van der Waals surface area (Å²) in [5.74, 6) is 0.665. The van der Waals surface area contributed by atoms with E-state index in [1.54, 1.807) is 12.1 Å². The number of benzene rings is 3. The van der Waals surface area contributed by atoms with E-state index in [0.29, 0.717) is 18.0 Å². The van der Waals surface area contributed by atoms with E-state index in [2.05, 4.69) is 12.1 Å². The number of nitrogens with zero attached hydrogens (tertiary/aromatic N) is 3. The lowest BCUT2D eigenvalue weighted by molar-refractivity contribution is -0.134. The zero-order chi connectivity index (χ0) is 22.5. The predicted octanol–water partition coefficient (Wildman–Crippen LogP) is 5.16. The number of rotatable bonds is 7. The Morgan fingerprint density at radius 3 is 2.50 bits per heavy atom. The van der Waals surface area contributed by atoms with Crippen LogP contribution in [0.25, 0.3) is 0 Å². The van der Waals surface area contributed by atoms with E-state index in [4.69, 9.17) is 21.4 Å². The fourth-order valence-corrected chi connectivity index (χ4v) is 4.29. The van der Waals surface area contributed by atoms with Crippen LogP contribution in [0.5, 0.6) is 5.75 Å². The molecule has 3 aromatic carbocycles. The molecule has 1 amide bonds. The maximum atomic E-state index is 13.4. The van der Waals surface area contributed by atoms with Gasteiger partial charge in [0.1, 0.15) is 5.75 Å². The van der Waals surface area contributed by atoms with Crippen LogP contribution in [0.2, 0.25) is 5.02 Å². The van der Waals surface area contributed by atoms with E-state index in [-0.39, 0.29) is 18.5 Å². The lowest BCUT2D eigenvalue weighted by Gasteiger charge is -2.25. The van der Waals surface area contributed by atoms with Gasteiger partial charge < -0.3 is 4.74 Å². The fraction of sp³-hybridized carbons (Fsp3) is 0.231. The number of methoxy groups -OCH3 is 1. The second-order valence-corrected chi connectivity index (χ2v) is 8.29. The molecular formula is C26H26ClN3O2. The maximum absolute atomic E-state index is 13.4. The fourth-order valence-electron chi connectivity index (χ4n) is 4.03. The molecule has 0 N–H and O–H groups in total. The number of hydrogen-bond donors (Lipinski definition) is 0. The van der Waals surface area contributed by atoms with Crippen LogP contribution in [0.15, 0.2) is 84.0 Å². The highest BCUT2D eigenvalue weighted by molar-refractivity contribution is 6.31. The Bertz CT molecular complexity index is 1120. The van der Waals surface area contributed by atoms with Gasteiger partial charge in [-0.15, -0.1) is 0 Å². The smallest absolute Gasteiger partial charge is 0.257 e. The SMILES string of the molecule is COc1ccccc1C1=NN(C(=O)CN(C)Cc2ccccc2)[C@@H](c2ccccc2Cl)C1. The van der Waals surface area contributed by atoms with E-state index < -0.39 is 0 Å². The molecular weight excluding hydrogens is 422 g/mol. The second kappa shape index (κ2) is 9.98. The third-order valence-corrected chi connectivity index (χ3v) is 5.89. The molecule has 0 fully saturated rings. The number of carbonyl (C=O) groups excluding carboxylic acids is 1. The molecule has 0 spiro atoms. The van der Waals surface area contributed by atoms with Crippen molar-refractivity contribution in [1.29, 1.82) is 0 Å². The van der Waals surface area contributed by atoms with Gasteiger partial charge in [0.2, 0.25) is 0 Å². The average molecular weight is 448 g/mol. The van der Waals surface area contributed by atoms with Crippen LogP contribution in [0.3, 0.4) is 0 Å². The van der Waals surface area contributed by atoms with Crippen molar-refractivity contribution < 1.29 is 9.53 Å². The molecule has 0 aromatic heterocycles. The summed E-state index contributed by atoms with van der Waals surface area (Å²) in [6.45, 7) is 0.929. The standard InChI is InChI=1S/C26H26ClN3O2/c1-29(17-19-10-4-3-5-11-19)18-26(31)30-24(20-12-6-8-14-22(20)27)16-23(28-30)21-13-7-9-15-25(21)32-2/h3-15,24H,16-18H2,1-2H3/t24-/m1/s1. The van der Waals surface area contributed by atoms with Crippen LogP contribution >= 0.6 is 11.6 Å². The molecule has 0 radical (unpaired) electrons. The Morgan fingerprint density at radius 2 is 1.75 bits per heavy atom. The van der Waals surface area contributed by atoms with Gasteiger partial charge in [0.05, 0.1) is 25.4 Å². The Morgan fingerprint density at radius 1 is 1.06 bits per heavy atom.